The normalized spacial score (nSPS) is 48.4. The number of hydrogen-bond donors (Lipinski definition) is 0. The first-order chi connectivity index (χ1) is 14.2. The maximum absolute atomic E-state index is 13.0. The van der Waals surface area contributed by atoms with Crippen LogP contribution in [-0.2, 0) is 28.6 Å². The van der Waals surface area contributed by atoms with E-state index in [1.54, 1.807) is 6.08 Å². The largest absolute Gasteiger partial charge is 0.469 e. The lowest BCUT2D eigenvalue weighted by molar-refractivity contribution is -0.172. The van der Waals surface area contributed by atoms with Crippen molar-refractivity contribution in [2.24, 2.45) is 28.6 Å². The van der Waals surface area contributed by atoms with E-state index in [1.807, 2.05) is 0 Å². The molecule has 2 heterocycles. The molecule has 6 nitrogen and oxygen atoms in total. The Morgan fingerprint density at radius 3 is 2.45 bits per heavy atom. The van der Waals surface area contributed by atoms with Crippen molar-refractivity contribution >= 4 is 58.2 Å². The first-order valence-corrected chi connectivity index (χ1v) is 11.4. The van der Waals surface area contributed by atoms with Gasteiger partial charge in [0.25, 0.3) is 0 Å². The monoisotopic (exact) mass is 516 g/mol. The van der Waals surface area contributed by atoms with Gasteiger partial charge in [0.1, 0.15) is 11.2 Å². The molecule has 33 heavy (non-hydrogen) atoms. The Hall–Kier alpha value is -0.640. The van der Waals surface area contributed by atoms with Crippen molar-refractivity contribution < 1.29 is 28.6 Å². The van der Waals surface area contributed by atoms with E-state index >= 15 is 0 Å². The van der Waals surface area contributed by atoms with Gasteiger partial charge in [0.2, 0.25) is 0 Å². The second kappa shape index (κ2) is 8.20. The minimum atomic E-state index is -0.424. The average molecular weight is 517 g/mol. The van der Waals surface area contributed by atoms with Gasteiger partial charge in [-0.1, -0.05) is 19.4 Å². The number of rotatable bonds is 1. The Morgan fingerprint density at radius 2 is 1.82 bits per heavy atom. The predicted octanol–water partition coefficient (Wildman–Crippen LogP) is 3.46. The summed E-state index contributed by atoms with van der Waals surface area (Å²) < 4.78 is 17.9. The van der Waals surface area contributed by atoms with Gasteiger partial charge in [0.15, 0.2) is 5.78 Å². The lowest BCUT2D eigenvalue weighted by Gasteiger charge is -2.58. The summed E-state index contributed by atoms with van der Waals surface area (Å²) in [4.78, 5) is 37.4. The lowest BCUT2D eigenvalue weighted by atomic mass is 9.43. The molecule has 0 radical (unpaired) electrons. The van der Waals surface area contributed by atoms with Crippen molar-refractivity contribution in [2.45, 2.75) is 82.5 Å². The van der Waals surface area contributed by atoms with Crippen LogP contribution in [0.4, 0.5) is 0 Å². The molecule has 3 saturated carbocycles. The van der Waals surface area contributed by atoms with Crippen LogP contribution in [0, 0.1) is 28.6 Å². The quantitative estimate of drug-likeness (QED) is 0.392. The standard InChI is InChI=1S/C24H30O6.3H2S/c1-21-7-4-14(25)10-13(21)11-15(20(27)28-3)19-16-5-8-23(9-6-18(26)30-23)22(16,2)12-17-24(19,21)29-17;;;/h10,15-17,19H,4-9,11-12H2,1-3H3;3*1H2/t15-,16+,17?,19+,21+,22+,23-,24-;;;/m1.../s1. The predicted molar refractivity (Wildman–Crippen MR) is 136 cm³/mol. The number of ether oxygens (including phenoxy) is 3. The molecule has 6 aliphatic rings. The Balaban J connectivity index is 0.00000102. The van der Waals surface area contributed by atoms with Gasteiger partial charge in [-0.3, -0.25) is 14.4 Å². The number of carbonyl (C=O) groups excluding carboxylic acids is 3. The second-order valence-corrected chi connectivity index (χ2v) is 11.0. The lowest BCUT2D eigenvalue weighted by Crippen LogP contribution is -2.63. The molecule has 186 valence electrons. The van der Waals surface area contributed by atoms with Gasteiger partial charge in [-0.2, -0.15) is 40.5 Å². The summed E-state index contributed by atoms with van der Waals surface area (Å²) in [5, 5.41) is 0. The molecule has 0 aromatic heterocycles. The summed E-state index contributed by atoms with van der Waals surface area (Å²) in [7, 11) is 1.45. The smallest absolute Gasteiger partial charge is 0.309 e. The van der Waals surface area contributed by atoms with Gasteiger partial charge >= 0.3 is 11.9 Å². The van der Waals surface area contributed by atoms with Crippen molar-refractivity contribution in [3.05, 3.63) is 11.6 Å². The Kier molecular flexibility index (Phi) is 6.70. The number of carbonyl (C=O) groups is 3. The number of epoxide rings is 1. The van der Waals surface area contributed by atoms with E-state index in [1.165, 1.54) is 7.11 Å². The molecule has 8 atom stereocenters. The highest BCUT2D eigenvalue weighted by atomic mass is 32.1. The van der Waals surface area contributed by atoms with Crippen molar-refractivity contribution in [2.75, 3.05) is 7.11 Å². The van der Waals surface area contributed by atoms with Crippen molar-refractivity contribution in [1.29, 1.82) is 0 Å². The summed E-state index contributed by atoms with van der Waals surface area (Å²) in [6.45, 7) is 4.51. The summed E-state index contributed by atoms with van der Waals surface area (Å²) >= 11 is 0. The highest BCUT2D eigenvalue weighted by Crippen LogP contribution is 2.78. The highest BCUT2D eigenvalue weighted by molar-refractivity contribution is 7.59. The van der Waals surface area contributed by atoms with Crippen molar-refractivity contribution in [3.63, 3.8) is 0 Å². The molecule has 1 unspecified atom stereocenters. The highest BCUT2D eigenvalue weighted by Gasteiger charge is 2.83. The fourth-order valence-corrected chi connectivity index (χ4v) is 8.69. The zero-order valence-corrected chi connectivity index (χ0v) is 22.5. The van der Waals surface area contributed by atoms with E-state index in [2.05, 4.69) is 13.8 Å². The van der Waals surface area contributed by atoms with E-state index in [9.17, 15) is 14.4 Å². The van der Waals surface area contributed by atoms with Crippen molar-refractivity contribution in [3.8, 4) is 0 Å². The first-order valence-electron chi connectivity index (χ1n) is 11.4. The summed E-state index contributed by atoms with van der Waals surface area (Å²) in [6, 6.07) is 0. The van der Waals surface area contributed by atoms with E-state index < -0.39 is 11.2 Å². The topological polar surface area (TPSA) is 82.2 Å². The SMILES string of the molecule is COC(=O)[C@@H]1CC2=CC(=O)CC[C@]2(C)[C@@]23OC2C[C@@]2(C)[C@@H](CC[C@@]24CCC(=O)O4)[C@H]13.S.S.S. The van der Waals surface area contributed by atoms with E-state index in [0.29, 0.717) is 19.3 Å². The van der Waals surface area contributed by atoms with Gasteiger partial charge in [-0.25, -0.2) is 0 Å². The summed E-state index contributed by atoms with van der Waals surface area (Å²) in [5.74, 6) is -0.201. The summed E-state index contributed by atoms with van der Waals surface area (Å²) in [5.41, 5.74) is -0.175. The molecule has 2 aliphatic heterocycles. The molecule has 0 aromatic carbocycles. The number of ketones is 1. The number of esters is 2. The Bertz CT molecular complexity index is 922. The third kappa shape index (κ3) is 3.04. The van der Waals surface area contributed by atoms with E-state index in [-0.39, 0.29) is 92.9 Å². The fraction of sp³-hybridized carbons (Fsp3) is 0.792. The number of fused-ring (bicyclic) bond motifs is 4. The molecular formula is C24H36O6S3. The molecular weight excluding hydrogens is 480 g/mol. The Labute approximate surface area is 216 Å². The fourth-order valence-electron chi connectivity index (χ4n) is 8.69. The van der Waals surface area contributed by atoms with Gasteiger partial charge in [-0.15, -0.1) is 0 Å². The Morgan fingerprint density at radius 1 is 1.09 bits per heavy atom. The maximum atomic E-state index is 13.0. The molecule has 5 fully saturated rings. The third-order valence-corrected chi connectivity index (χ3v) is 10.2. The van der Waals surface area contributed by atoms with Crippen LogP contribution in [-0.4, -0.2) is 42.1 Å². The minimum Gasteiger partial charge on any atom is -0.469 e. The molecule has 0 bridgehead atoms. The molecule has 2 spiro atoms. The minimum absolute atomic E-state index is 0. The van der Waals surface area contributed by atoms with Crippen LogP contribution in [0.3, 0.4) is 0 Å². The van der Waals surface area contributed by atoms with Crippen LogP contribution in [0.25, 0.3) is 0 Å². The summed E-state index contributed by atoms with van der Waals surface area (Å²) in [6.07, 6.45) is 7.61. The van der Waals surface area contributed by atoms with E-state index in [4.69, 9.17) is 14.2 Å². The zero-order chi connectivity index (χ0) is 21.1. The van der Waals surface area contributed by atoms with Crippen LogP contribution in [0.1, 0.15) is 65.2 Å². The molecule has 0 amide bonds. The maximum Gasteiger partial charge on any atom is 0.309 e. The van der Waals surface area contributed by atoms with Gasteiger partial charge < -0.3 is 14.2 Å². The number of hydrogen-bond acceptors (Lipinski definition) is 6. The average Bonchev–Trinajstić information content (AvgIpc) is 3.20. The van der Waals surface area contributed by atoms with Gasteiger partial charge in [0, 0.05) is 29.6 Å². The van der Waals surface area contributed by atoms with Crippen LogP contribution in [0.15, 0.2) is 11.6 Å². The van der Waals surface area contributed by atoms with E-state index in [0.717, 1.165) is 37.7 Å². The first kappa shape index (κ1) is 27.0. The molecule has 4 aliphatic carbocycles. The van der Waals surface area contributed by atoms with Gasteiger partial charge in [0.05, 0.1) is 19.1 Å². The number of methoxy groups -OCH3 is 1. The van der Waals surface area contributed by atoms with Crippen molar-refractivity contribution in [1.82, 2.24) is 0 Å². The zero-order valence-electron chi connectivity index (χ0n) is 19.5. The van der Waals surface area contributed by atoms with Crippen LogP contribution < -0.4 is 0 Å². The van der Waals surface area contributed by atoms with Gasteiger partial charge in [-0.05, 0) is 50.5 Å². The van der Waals surface area contributed by atoms with Crippen LogP contribution in [0.5, 0.6) is 0 Å². The molecule has 9 heteroatoms. The molecule has 6 rings (SSSR count). The molecule has 0 aromatic rings. The molecule has 2 saturated heterocycles. The molecule has 0 N–H and O–H groups in total. The van der Waals surface area contributed by atoms with Crippen LogP contribution in [0.2, 0.25) is 0 Å². The second-order valence-electron chi connectivity index (χ2n) is 11.0. The third-order valence-electron chi connectivity index (χ3n) is 10.2. The van der Waals surface area contributed by atoms with Crippen LogP contribution >= 0.6 is 40.5 Å².